The van der Waals surface area contributed by atoms with E-state index in [0.29, 0.717) is 10.2 Å². The second kappa shape index (κ2) is 5.51. The van der Waals surface area contributed by atoms with Gasteiger partial charge >= 0.3 is 0 Å². The topological polar surface area (TPSA) is 76.9 Å². The molecule has 0 bridgehead atoms. The second-order valence-electron chi connectivity index (χ2n) is 4.72. The lowest BCUT2D eigenvalue weighted by Gasteiger charge is -2.01. The highest BCUT2D eigenvalue weighted by molar-refractivity contribution is 7.22. The van der Waals surface area contributed by atoms with Gasteiger partial charge in [0.1, 0.15) is 5.69 Å². The molecule has 22 heavy (non-hydrogen) atoms. The second-order valence-corrected chi connectivity index (χ2v) is 6.16. The molecule has 0 fully saturated rings. The van der Waals surface area contributed by atoms with Crippen molar-refractivity contribution < 1.29 is 4.79 Å². The minimum absolute atomic E-state index is 0.149. The van der Waals surface area contributed by atoms with E-state index in [1.165, 1.54) is 30.5 Å². The van der Waals surface area contributed by atoms with Crippen molar-refractivity contribution in [3.8, 4) is 0 Å². The number of anilines is 1. The van der Waals surface area contributed by atoms with Crippen molar-refractivity contribution in [1.29, 1.82) is 0 Å². The summed E-state index contributed by atoms with van der Waals surface area (Å²) < 4.78 is 2.04. The van der Waals surface area contributed by atoms with Crippen LogP contribution in [0.3, 0.4) is 0 Å². The van der Waals surface area contributed by atoms with Crippen LogP contribution < -0.4 is 10.9 Å². The van der Waals surface area contributed by atoms with Crippen LogP contribution in [0.15, 0.2) is 29.1 Å². The summed E-state index contributed by atoms with van der Waals surface area (Å²) in [5.74, 6) is -0.419. The molecule has 0 saturated carbocycles. The minimum atomic E-state index is -0.419. The number of amides is 1. The number of benzene rings is 1. The highest BCUT2D eigenvalue weighted by Gasteiger charge is 2.13. The van der Waals surface area contributed by atoms with Gasteiger partial charge in [0.2, 0.25) is 0 Å². The lowest BCUT2D eigenvalue weighted by Crippen LogP contribution is -2.23. The van der Waals surface area contributed by atoms with Crippen LogP contribution in [0.2, 0.25) is 5.02 Å². The van der Waals surface area contributed by atoms with Gasteiger partial charge in [0.15, 0.2) is 5.13 Å². The smallest absolute Gasteiger partial charge is 0.277 e. The zero-order valence-electron chi connectivity index (χ0n) is 11.8. The van der Waals surface area contributed by atoms with Crippen molar-refractivity contribution in [2.24, 2.45) is 7.05 Å². The van der Waals surface area contributed by atoms with Gasteiger partial charge in [0, 0.05) is 18.1 Å². The first-order valence-electron chi connectivity index (χ1n) is 6.36. The number of hydrogen-bond donors (Lipinski definition) is 1. The van der Waals surface area contributed by atoms with Gasteiger partial charge in [-0.3, -0.25) is 14.9 Å². The van der Waals surface area contributed by atoms with Gasteiger partial charge in [0.05, 0.1) is 10.2 Å². The minimum Gasteiger partial charge on any atom is -0.296 e. The van der Waals surface area contributed by atoms with Crippen molar-refractivity contribution in [3.63, 3.8) is 0 Å². The van der Waals surface area contributed by atoms with E-state index in [-0.39, 0.29) is 11.3 Å². The molecule has 0 aliphatic carbocycles. The van der Waals surface area contributed by atoms with Gasteiger partial charge in [-0.15, -0.1) is 0 Å². The van der Waals surface area contributed by atoms with Crippen molar-refractivity contribution >= 4 is 44.2 Å². The molecule has 3 rings (SSSR count). The Morgan fingerprint density at radius 2 is 2.14 bits per heavy atom. The van der Waals surface area contributed by atoms with Gasteiger partial charge in [-0.05, 0) is 30.7 Å². The number of nitrogens with one attached hydrogen (secondary N) is 1. The molecule has 8 heteroatoms. The third kappa shape index (κ3) is 2.72. The summed E-state index contributed by atoms with van der Waals surface area (Å²) in [7, 11) is 1.49. The number of nitrogens with zero attached hydrogens (tertiary/aromatic N) is 3. The first-order valence-corrected chi connectivity index (χ1v) is 7.56. The van der Waals surface area contributed by atoms with E-state index in [1.54, 1.807) is 6.07 Å². The number of thiazole rings is 1. The first kappa shape index (κ1) is 14.7. The van der Waals surface area contributed by atoms with Gasteiger partial charge in [-0.1, -0.05) is 22.9 Å². The highest BCUT2D eigenvalue weighted by atomic mass is 35.5. The van der Waals surface area contributed by atoms with Crippen molar-refractivity contribution in [1.82, 2.24) is 14.8 Å². The Morgan fingerprint density at radius 3 is 2.86 bits per heavy atom. The molecule has 0 aliphatic heterocycles. The van der Waals surface area contributed by atoms with Gasteiger partial charge in [0.25, 0.3) is 11.5 Å². The Kier molecular flexibility index (Phi) is 3.67. The molecule has 0 spiro atoms. The maximum atomic E-state index is 12.1. The number of carbonyl (C=O) groups is 1. The maximum absolute atomic E-state index is 12.1. The fraction of sp³-hybridized carbons (Fsp3) is 0.143. The predicted octanol–water partition coefficient (Wildman–Crippen LogP) is 2.60. The van der Waals surface area contributed by atoms with Crippen LogP contribution in [0, 0.1) is 6.92 Å². The molecule has 6 nitrogen and oxygen atoms in total. The molecular formula is C14H11ClN4O2S. The predicted molar refractivity (Wildman–Crippen MR) is 86.8 cm³/mol. The standard InChI is InChI=1S/C14H11ClN4O2S/c1-7-5-11-10(6-8(7)15)16-14(22-11)17-13(21)9-3-4-12(20)19(2)18-9/h3-6H,1-2H3,(H,16,17,21). The summed E-state index contributed by atoms with van der Waals surface area (Å²) in [6, 6.07) is 6.37. The van der Waals surface area contributed by atoms with Crippen LogP contribution in [0.4, 0.5) is 5.13 Å². The molecule has 0 unspecified atom stereocenters. The quantitative estimate of drug-likeness (QED) is 0.781. The molecule has 112 valence electrons. The number of rotatable bonds is 2. The van der Waals surface area contributed by atoms with Crippen molar-refractivity contribution in [3.05, 3.63) is 50.9 Å². The zero-order chi connectivity index (χ0) is 15.9. The van der Waals surface area contributed by atoms with E-state index in [0.717, 1.165) is 20.5 Å². The van der Waals surface area contributed by atoms with E-state index >= 15 is 0 Å². The molecule has 3 aromatic rings. The summed E-state index contributed by atoms with van der Waals surface area (Å²) in [6.45, 7) is 1.91. The summed E-state index contributed by atoms with van der Waals surface area (Å²) in [5.41, 5.74) is 1.55. The number of aromatic nitrogens is 3. The molecule has 0 aliphatic rings. The Balaban J connectivity index is 1.90. The molecular weight excluding hydrogens is 324 g/mol. The Hall–Kier alpha value is -2.25. The Morgan fingerprint density at radius 1 is 1.36 bits per heavy atom. The number of carbonyl (C=O) groups excluding carboxylic acids is 1. The first-order chi connectivity index (χ1) is 10.4. The molecule has 2 heterocycles. The fourth-order valence-electron chi connectivity index (χ4n) is 1.89. The van der Waals surface area contributed by atoms with Gasteiger partial charge in [-0.2, -0.15) is 5.10 Å². The third-order valence-corrected chi connectivity index (χ3v) is 4.42. The zero-order valence-corrected chi connectivity index (χ0v) is 13.3. The monoisotopic (exact) mass is 334 g/mol. The lowest BCUT2D eigenvalue weighted by molar-refractivity contribution is 0.102. The average molecular weight is 335 g/mol. The van der Waals surface area contributed by atoms with Crippen molar-refractivity contribution in [2.75, 3.05) is 5.32 Å². The van der Waals surface area contributed by atoms with Crippen LogP contribution >= 0.6 is 22.9 Å². The lowest BCUT2D eigenvalue weighted by atomic mass is 10.2. The maximum Gasteiger partial charge on any atom is 0.277 e. The summed E-state index contributed by atoms with van der Waals surface area (Å²) >= 11 is 7.42. The Bertz CT molecular complexity index is 909. The Labute approximate surface area is 134 Å². The number of halogens is 1. The number of hydrogen-bond acceptors (Lipinski definition) is 5. The summed E-state index contributed by atoms with van der Waals surface area (Å²) in [6.07, 6.45) is 0. The molecule has 0 radical (unpaired) electrons. The normalized spacial score (nSPS) is 10.9. The van der Waals surface area contributed by atoms with Crippen LogP contribution in [0.1, 0.15) is 16.1 Å². The molecule has 1 N–H and O–H groups in total. The molecule has 1 amide bonds. The van der Waals surface area contributed by atoms with Gasteiger partial charge in [-0.25, -0.2) is 9.67 Å². The fourth-order valence-corrected chi connectivity index (χ4v) is 2.99. The van der Waals surface area contributed by atoms with Crippen molar-refractivity contribution in [2.45, 2.75) is 6.92 Å². The van der Waals surface area contributed by atoms with E-state index in [9.17, 15) is 9.59 Å². The van der Waals surface area contributed by atoms with E-state index in [1.807, 2.05) is 13.0 Å². The number of aryl methyl sites for hydroxylation is 2. The van der Waals surface area contributed by atoms with E-state index in [4.69, 9.17) is 11.6 Å². The summed E-state index contributed by atoms with van der Waals surface area (Å²) in [4.78, 5) is 27.7. The average Bonchev–Trinajstić information content (AvgIpc) is 2.83. The third-order valence-electron chi connectivity index (χ3n) is 3.08. The molecule has 0 saturated heterocycles. The van der Waals surface area contributed by atoms with Crippen LogP contribution in [0.25, 0.3) is 10.2 Å². The van der Waals surface area contributed by atoms with Gasteiger partial charge < -0.3 is 0 Å². The SMILES string of the molecule is Cc1cc2sc(NC(=O)c3ccc(=O)n(C)n3)nc2cc1Cl. The largest absolute Gasteiger partial charge is 0.296 e. The van der Waals surface area contributed by atoms with E-state index < -0.39 is 5.91 Å². The van der Waals surface area contributed by atoms with Crippen LogP contribution in [-0.4, -0.2) is 20.7 Å². The molecule has 1 aromatic carbocycles. The summed E-state index contributed by atoms with van der Waals surface area (Å²) in [5, 5.41) is 7.67. The van der Waals surface area contributed by atoms with Crippen LogP contribution in [0.5, 0.6) is 0 Å². The molecule has 2 aromatic heterocycles. The number of fused-ring (bicyclic) bond motifs is 1. The highest BCUT2D eigenvalue weighted by Crippen LogP contribution is 2.30. The molecule has 0 atom stereocenters. The van der Waals surface area contributed by atoms with Crippen LogP contribution in [-0.2, 0) is 7.05 Å². The van der Waals surface area contributed by atoms with E-state index in [2.05, 4.69) is 15.4 Å².